The Morgan fingerprint density at radius 2 is 2.00 bits per heavy atom. The first-order chi connectivity index (χ1) is 12.3. The Labute approximate surface area is 153 Å². The number of nitrogens with one attached hydrogen (secondary N) is 1. The molecule has 0 fully saturated rings. The highest BCUT2D eigenvalue weighted by Crippen LogP contribution is 2.34. The molecule has 0 saturated carbocycles. The summed E-state index contributed by atoms with van der Waals surface area (Å²) in [6, 6.07) is 9.13. The quantitative estimate of drug-likeness (QED) is 0.892. The number of hydrogen-bond donors (Lipinski definition) is 1. The lowest BCUT2D eigenvalue weighted by molar-refractivity contribution is -0.121. The van der Waals surface area contributed by atoms with Crippen molar-refractivity contribution in [1.82, 2.24) is 5.32 Å². The average Bonchev–Trinajstić information content (AvgIpc) is 3.06. The van der Waals surface area contributed by atoms with Crippen molar-refractivity contribution in [3.63, 3.8) is 0 Å². The lowest BCUT2D eigenvalue weighted by Crippen LogP contribution is -2.38. The van der Waals surface area contributed by atoms with Crippen LogP contribution in [0, 0.1) is 12.8 Å². The minimum atomic E-state index is -0.248. The molecular formula is C20H24N2O4. The van der Waals surface area contributed by atoms with Gasteiger partial charge in [0.25, 0.3) is 11.8 Å². The molecule has 0 saturated heterocycles. The third kappa shape index (κ3) is 3.74. The minimum absolute atomic E-state index is 0.00395. The Morgan fingerprint density at radius 1 is 1.23 bits per heavy atom. The van der Waals surface area contributed by atoms with Crippen molar-refractivity contribution in [1.29, 1.82) is 0 Å². The zero-order chi connectivity index (χ0) is 18.8. The second-order valence-corrected chi connectivity index (χ2v) is 7.01. The van der Waals surface area contributed by atoms with E-state index in [1.807, 2.05) is 45.9 Å². The fourth-order valence-corrected chi connectivity index (χ4v) is 2.67. The molecule has 0 radical (unpaired) electrons. The van der Waals surface area contributed by atoms with Crippen LogP contribution >= 0.6 is 0 Å². The molecular weight excluding hydrogens is 332 g/mol. The largest absolute Gasteiger partial charge is 0.482 e. The van der Waals surface area contributed by atoms with Crippen LogP contribution in [0.5, 0.6) is 5.75 Å². The molecule has 6 nitrogen and oxygen atoms in total. The predicted molar refractivity (Wildman–Crippen MR) is 98.3 cm³/mol. The number of benzene rings is 1. The van der Waals surface area contributed by atoms with E-state index in [0.717, 1.165) is 11.3 Å². The van der Waals surface area contributed by atoms with E-state index in [1.54, 1.807) is 17.0 Å². The van der Waals surface area contributed by atoms with Gasteiger partial charge < -0.3 is 14.5 Å². The Morgan fingerprint density at radius 3 is 2.73 bits per heavy atom. The molecule has 2 aromatic rings. The molecule has 3 rings (SSSR count). The van der Waals surface area contributed by atoms with Crippen molar-refractivity contribution in [2.75, 3.05) is 11.5 Å². The topological polar surface area (TPSA) is 71.8 Å². The van der Waals surface area contributed by atoms with Crippen LogP contribution in [-0.2, 0) is 11.3 Å². The number of ether oxygens (including phenoxy) is 1. The van der Waals surface area contributed by atoms with Gasteiger partial charge in [0.15, 0.2) is 12.4 Å². The van der Waals surface area contributed by atoms with Crippen LogP contribution in [0.15, 0.2) is 34.7 Å². The normalized spacial score (nSPS) is 14.8. The summed E-state index contributed by atoms with van der Waals surface area (Å²) in [6.45, 7) is 8.26. The average molecular weight is 356 g/mol. The number of anilines is 1. The number of hydrogen-bond acceptors (Lipinski definition) is 4. The van der Waals surface area contributed by atoms with E-state index in [2.05, 4.69) is 5.32 Å². The van der Waals surface area contributed by atoms with Gasteiger partial charge in [0.2, 0.25) is 0 Å². The molecule has 0 aliphatic carbocycles. The maximum absolute atomic E-state index is 12.3. The fraction of sp³-hybridized carbons (Fsp3) is 0.400. The third-order valence-electron chi connectivity index (χ3n) is 4.62. The molecule has 0 spiro atoms. The van der Waals surface area contributed by atoms with Crippen molar-refractivity contribution in [2.24, 2.45) is 5.92 Å². The van der Waals surface area contributed by atoms with Crippen LogP contribution in [0.3, 0.4) is 0 Å². The summed E-state index contributed by atoms with van der Waals surface area (Å²) < 4.78 is 11.2. The van der Waals surface area contributed by atoms with E-state index in [0.29, 0.717) is 17.4 Å². The van der Waals surface area contributed by atoms with Crippen molar-refractivity contribution >= 4 is 17.5 Å². The van der Waals surface area contributed by atoms with Gasteiger partial charge in [-0.15, -0.1) is 0 Å². The van der Waals surface area contributed by atoms with E-state index in [1.165, 1.54) is 0 Å². The predicted octanol–water partition coefficient (Wildman–Crippen LogP) is 3.29. The molecule has 1 aromatic carbocycles. The molecule has 138 valence electrons. The van der Waals surface area contributed by atoms with Gasteiger partial charge in [-0.05, 0) is 49.6 Å². The van der Waals surface area contributed by atoms with Gasteiger partial charge in [-0.3, -0.25) is 14.5 Å². The van der Waals surface area contributed by atoms with Crippen LogP contribution in [0.4, 0.5) is 5.69 Å². The molecule has 2 heterocycles. The lowest BCUT2D eigenvalue weighted by Gasteiger charge is -2.29. The number of amides is 2. The maximum atomic E-state index is 12.3. The summed E-state index contributed by atoms with van der Waals surface area (Å²) in [5.74, 6) is 1.42. The number of aryl methyl sites for hydroxylation is 1. The SMILES string of the molecule is Cc1ccc2c(c1)N(Cc1ccc(C(=O)N[C@@H](C)C(C)C)o1)C(=O)CO2. The first kappa shape index (κ1) is 18.0. The van der Waals surface area contributed by atoms with Gasteiger partial charge in [0.05, 0.1) is 12.2 Å². The molecule has 2 amide bonds. The van der Waals surface area contributed by atoms with Gasteiger partial charge in [-0.2, -0.15) is 0 Å². The van der Waals surface area contributed by atoms with E-state index in [-0.39, 0.29) is 36.8 Å². The Bertz CT molecular complexity index is 825. The molecule has 0 bridgehead atoms. The van der Waals surface area contributed by atoms with Gasteiger partial charge in [0, 0.05) is 6.04 Å². The highest BCUT2D eigenvalue weighted by molar-refractivity contribution is 5.97. The highest BCUT2D eigenvalue weighted by Gasteiger charge is 2.27. The third-order valence-corrected chi connectivity index (χ3v) is 4.62. The van der Waals surface area contributed by atoms with Gasteiger partial charge in [-0.1, -0.05) is 19.9 Å². The van der Waals surface area contributed by atoms with Crippen molar-refractivity contribution in [3.05, 3.63) is 47.4 Å². The number of fused-ring (bicyclic) bond motifs is 1. The van der Waals surface area contributed by atoms with Crippen molar-refractivity contribution in [3.8, 4) is 5.75 Å². The summed E-state index contributed by atoms with van der Waals surface area (Å²) in [6.07, 6.45) is 0. The van der Waals surface area contributed by atoms with Crippen LogP contribution < -0.4 is 15.0 Å². The first-order valence-corrected chi connectivity index (χ1v) is 8.78. The number of furan rings is 1. The maximum Gasteiger partial charge on any atom is 0.287 e. The van der Waals surface area contributed by atoms with Crippen LogP contribution in [0.1, 0.15) is 42.6 Å². The highest BCUT2D eigenvalue weighted by atomic mass is 16.5. The van der Waals surface area contributed by atoms with Gasteiger partial charge in [-0.25, -0.2) is 0 Å². The van der Waals surface area contributed by atoms with Crippen LogP contribution in [0.2, 0.25) is 0 Å². The number of carbonyl (C=O) groups excluding carboxylic acids is 2. The molecule has 1 atom stereocenters. The van der Waals surface area contributed by atoms with E-state index < -0.39 is 0 Å². The van der Waals surface area contributed by atoms with Crippen molar-refractivity contribution in [2.45, 2.75) is 40.3 Å². The van der Waals surface area contributed by atoms with Crippen molar-refractivity contribution < 1.29 is 18.7 Å². The molecule has 1 aliphatic rings. The zero-order valence-corrected chi connectivity index (χ0v) is 15.5. The Balaban J connectivity index is 1.76. The molecule has 1 aliphatic heterocycles. The standard InChI is InChI=1S/C20H24N2O4/c1-12(2)14(4)21-20(24)18-8-6-15(26-18)10-22-16-9-13(3)5-7-17(16)25-11-19(22)23/h5-9,12,14H,10-11H2,1-4H3,(H,21,24)/t14-/m0/s1. The monoisotopic (exact) mass is 356 g/mol. The molecule has 1 N–H and O–H groups in total. The second kappa shape index (κ2) is 7.23. The summed E-state index contributed by atoms with van der Waals surface area (Å²) in [4.78, 5) is 26.2. The zero-order valence-electron chi connectivity index (χ0n) is 15.5. The minimum Gasteiger partial charge on any atom is -0.482 e. The molecule has 6 heteroatoms. The molecule has 1 aromatic heterocycles. The number of nitrogens with zero attached hydrogens (tertiary/aromatic N) is 1. The fourth-order valence-electron chi connectivity index (χ4n) is 2.67. The molecule has 0 unspecified atom stereocenters. The van der Waals surface area contributed by atoms with Gasteiger partial charge >= 0.3 is 0 Å². The van der Waals surface area contributed by atoms with Crippen LogP contribution in [0.25, 0.3) is 0 Å². The lowest BCUT2D eigenvalue weighted by atomic mass is 10.1. The van der Waals surface area contributed by atoms with Crippen LogP contribution in [-0.4, -0.2) is 24.5 Å². The smallest absolute Gasteiger partial charge is 0.287 e. The summed E-state index contributed by atoms with van der Waals surface area (Å²) in [5.41, 5.74) is 1.76. The Kier molecular flexibility index (Phi) is 5.02. The van der Waals surface area contributed by atoms with E-state index >= 15 is 0 Å². The van der Waals surface area contributed by atoms with E-state index in [4.69, 9.17) is 9.15 Å². The summed E-state index contributed by atoms with van der Waals surface area (Å²) in [7, 11) is 0. The summed E-state index contributed by atoms with van der Waals surface area (Å²) >= 11 is 0. The first-order valence-electron chi connectivity index (χ1n) is 8.78. The number of carbonyl (C=O) groups is 2. The van der Waals surface area contributed by atoms with E-state index in [9.17, 15) is 9.59 Å². The number of rotatable bonds is 5. The molecule has 26 heavy (non-hydrogen) atoms. The van der Waals surface area contributed by atoms with Gasteiger partial charge in [0.1, 0.15) is 11.5 Å². The summed E-state index contributed by atoms with van der Waals surface area (Å²) in [5, 5.41) is 2.91. The second-order valence-electron chi connectivity index (χ2n) is 7.01. The Hall–Kier alpha value is -2.76.